The summed E-state index contributed by atoms with van der Waals surface area (Å²) in [4.78, 5) is 14.6. The molecule has 5 nitrogen and oxygen atoms in total. The van der Waals surface area contributed by atoms with E-state index < -0.39 is 0 Å². The summed E-state index contributed by atoms with van der Waals surface area (Å²) in [5.74, 6) is -0.217. The molecule has 0 unspecified atom stereocenters. The van der Waals surface area contributed by atoms with Gasteiger partial charge < -0.3 is 5.32 Å². The van der Waals surface area contributed by atoms with E-state index in [-0.39, 0.29) is 5.91 Å². The molecule has 0 radical (unpaired) electrons. The van der Waals surface area contributed by atoms with Crippen molar-refractivity contribution in [3.8, 4) is 0 Å². The summed E-state index contributed by atoms with van der Waals surface area (Å²) in [6, 6.07) is 16.5. The minimum Gasteiger partial charge on any atom is -0.320 e. The first-order valence-corrected chi connectivity index (χ1v) is 10.4. The van der Waals surface area contributed by atoms with E-state index >= 15 is 0 Å². The van der Waals surface area contributed by atoms with E-state index in [1.54, 1.807) is 0 Å². The molecule has 0 saturated heterocycles. The standard InChI is InChI=1S/C22H26N4OS/c1-4-16-6-8-18(9-7-16)14-26(3)15-20-24-25-22(28-20)21(27)23-19-12-10-17(5-2)11-13-19/h6-13H,4-5,14-15H2,1-3H3,(H,23,27). The van der Waals surface area contributed by atoms with Gasteiger partial charge in [-0.1, -0.05) is 61.6 Å². The van der Waals surface area contributed by atoms with E-state index in [1.807, 2.05) is 31.3 Å². The third-order valence-corrected chi connectivity index (χ3v) is 5.48. The molecule has 1 N–H and O–H groups in total. The van der Waals surface area contributed by atoms with Crippen LogP contribution in [0, 0.1) is 0 Å². The first-order valence-electron chi connectivity index (χ1n) is 9.56. The highest BCUT2D eigenvalue weighted by Gasteiger charge is 2.14. The largest absolute Gasteiger partial charge is 0.320 e. The van der Waals surface area contributed by atoms with E-state index in [9.17, 15) is 4.79 Å². The Bertz CT molecular complexity index is 903. The van der Waals surface area contributed by atoms with Crippen LogP contribution in [0.5, 0.6) is 0 Å². The minimum absolute atomic E-state index is 0.217. The van der Waals surface area contributed by atoms with Crippen LogP contribution in [0.4, 0.5) is 5.69 Å². The highest BCUT2D eigenvalue weighted by atomic mass is 32.1. The van der Waals surface area contributed by atoms with Gasteiger partial charge in [-0.3, -0.25) is 9.69 Å². The molecular weight excluding hydrogens is 368 g/mol. The van der Waals surface area contributed by atoms with Gasteiger partial charge >= 0.3 is 0 Å². The maximum absolute atomic E-state index is 12.4. The summed E-state index contributed by atoms with van der Waals surface area (Å²) in [5.41, 5.74) is 4.61. The Labute approximate surface area is 170 Å². The quantitative estimate of drug-likeness (QED) is 0.609. The SMILES string of the molecule is CCc1ccc(CN(C)Cc2nnc(C(=O)Nc3ccc(CC)cc3)s2)cc1. The Hall–Kier alpha value is -2.57. The van der Waals surface area contributed by atoms with Crippen LogP contribution in [-0.2, 0) is 25.9 Å². The first kappa shape index (κ1) is 20.2. The molecule has 0 bridgehead atoms. The number of carbonyl (C=O) groups is 1. The summed E-state index contributed by atoms with van der Waals surface area (Å²) in [6.45, 7) is 5.75. The lowest BCUT2D eigenvalue weighted by atomic mass is 10.1. The maximum atomic E-state index is 12.4. The van der Waals surface area contributed by atoms with E-state index in [2.05, 4.69) is 58.5 Å². The number of hydrogen-bond donors (Lipinski definition) is 1. The molecule has 0 aliphatic heterocycles. The molecule has 0 spiro atoms. The zero-order chi connectivity index (χ0) is 19.9. The number of nitrogens with one attached hydrogen (secondary N) is 1. The van der Waals surface area contributed by atoms with Gasteiger partial charge in [0.2, 0.25) is 5.01 Å². The molecule has 6 heteroatoms. The summed E-state index contributed by atoms with van der Waals surface area (Å²) in [5, 5.41) is 12.3. The molecule has 1 heterocycles. The van der Waals surface area contributed by atoms with Gasteiger partial charge in [-0.25, -0.2) is 0 Å². The van der Waals surface area contributed by atoms with Gasteiger partial charge in [-0.2, -0.15) is 0 Å². The molecule has 1 aromatic heterocycles. The van der Waals surface area contributed by atoms with Crippen molar-refractivity contribution in [2.75, 3.05) is 12.4 Å². The smallest absolute Gasteiger partial charge is 0.286 e. The predicted molar refractivity (Wildman–Crippen MR) is 115 cm³/mol. The second-order valence-electron chi connectivity index (χ2n) is 6.85. The first-order chi connectivity index (χ1) is 13.6. The topological polar surface area (TPSA) is 58.1 Å². The summed E-state index contributed by atoms with van der Waals surface area (Å²) < 4.78 is 0. The Morgan fingerprint density at radius 1 is 0.893 bits per heavy atom. The number of anilines is 1. The zero-order valence-electron chi connectivity index (χ0n) is 16.6. The Balaban J connectivity index is 1.55. The number of hydrogen-bond acceptors (Lipinski definition) is 5. The van der Waals surface area contributed by atoms with Crippen molar-refractivity contribution in [3.63, 3.8) is 0 Å². The molecule has 3 aromatic rings. The fraction of sp³-hybridized carbons (Fsp3) is 0.318. The van der Waals surface area contributed by atoms with Crippen LogP contribution in [0.1, 0.15) is 45.3 Å². The van der Waals surface area contributed by atoms with Crippen LogP contribution in [0.15, 0.2) is 48.5 Å². The number of aryl methyl sites for hydroxylation is 2. The zero-order valence-corrected chi connectivity index (χ0v) is 17.4. The van der Waals surface area contributed by atoms with E-state index in [0.717, 1.165) is 30.1 Å². The van der Waals surface area contributed by atoms with E-state index in [4.69, 9.17) is 0 Å². The molecule has 1 amide bonds. The average Bonchev–Trinajstić information content (AvgIpc) is 3.17. The number of aromatic nitrogens is 2. The Kier molecular flexibility index (Phi) is 6.90. The molecular formula is C22H26N4OS. The Morgan fingerprint density at radius 3 is 2.07 bits per heavy atom. The minimum atomic E-state index is -0.217. The second kappa shape index (κ2) is 9.57. The van der Waals surface area contributed by atoms with Crippen LogP contribution in [-0.4, -0.2) is 28.1 Å². The Morgan fingerprint density at radius 2 is 1.46 bits per heavy atom. The van der Waals surface area contributed by atoms with Crippen molar-refractivity contribution in [3.05, 3.63) is 75.2 Å². The molecule has 3 rings (SSSR count). The van der Waals surface area contributed by atoms with Crippen molar-refractivity contribution in [1.29, 1.82) is 0 Å². The number of nitrogens with zero attached hydrogens (tertiary/aromatic N) is 3. The van der Waals surface area contributed by atoms with Gasteiger partial charge in [0, 0.05) is 12.2 Å². The van der Waals surface area contributed by atoms with Gasteiger partial charge in [0.05, 0.1) is 6.54 Å². The molecule has 146 valence electrons. The highest BCUT2D eigenvalue weighted by molar-refractivity contribution is 7.13. The van der Waals surface area contributed by atoms with Gasteiger partial charge in [0.1, 0.15) is 5.01 Å². The van der Waals surface area contributed by atoms with Gasteiger partial charge in [0.25, 0.3) is 5.91 Å². The van der Waals surface area contributed by atoms with E-state index in [1.165, 1.54) is 28.0 Å². The summed E-state index contributed by atoms with van der Waals surface area (Å²) in [7, 11) is 2.05. The summed E-state index contributed by atoms with van der Waals surface area (Å²) in [6.07, 6.45) is 2.03. The molecule has 0 fully saturated rings. The van der Waals surface area contributed by atoms with Crippen LogP contribution in [0.2, 0.25) is 0 Å². The molecule has 0 saturated carbocycles. The molecule has 2 aromatic carbocycles. The lowest BCUT2D eigenvalue weighted by Gasteiger charge is -2.14. The third kappa shape index (κ3) is 5.47. The molecule has 0 aliphatic rings. The third-order valence-electron chi connectivity index (χ3n) is 4.57. The lowest BCUT2D eigenvalue weighted by Crippen LogP contribution is -2.17. The highest BCUT2D eigenvalue weighted by Crippen LogP contribution is 2.16. The van der Waals surface area contributed by atoms with Crippen LogP contribution < -0.4 is 5.32 Å². The molecule has 0 aliphatic carbocycles. The number of rotatable bonds is 8. The second-order valence-corrected chi connectivity index (χ2v) is 7.91. The van der Waals surface area contributed by atoms with Crippen LogP contribution >= 0.6 is 11.3 Å². The van der Waals surface area contributed by atoms with Gasteiger partial charge in [0.15, 0.2) is 0 Å². The number of benzene rings is 2. The fourth-order valence-corrected chi connectivity index (χ4v) is 3.71. The molecule has 28 heavy (non-hydrogen) atoms. The van der Waals surface area contributed by atoms with Crippen molar-refractivity contribution in [2.45, 2.75) is 39.8 Å². The summed E-state index contributed by atoms with van der Waals surface area (Å²) >= 11 is 1.34. The maximum Gasteiger partial charge on any atom is 0.286 e. The van der Waals surface area contributed by atoms with Crippen molar-refractivity contribution >= 4 is 22.9 Å². The monoisotopic (exact) mass is 394 g/mol. The van der Waals surface area contributed by atoms with Crippen molar-refractivity contribution < 1.29 is 4.79 Å². The van der Waals surface area contributed by atoms with Crippen molar-refractivity contribution in [1.82, 2.24) is 15.1 Å². The van der Waals surface area contributed by atoms with Crippen LogP contribution in [0.25, 0.3) is 0 Å². The normalized spacial score (nSPS) is 11.0. The van der Waals surface area contributed by atoms with Gasteiger partial charge in [-0.05, 0) is 48.7 Å². The lowest BCUT2D eigenvalue weighted by molar-refractivity contribution is 0.102. The number of carbonyl (C=O) groups excluding carboxylic acids is 1. The predicted octanol–water partition coefficient (Wildman–Crippen LogP) is 4.55. The number of amides is 1. The van der Waals surface area contributed by atoms with E-state index in [0.29, 0.717) is 11.6 Å². The van der Waals surface area contributed by atoms with Gasteiger partial charge in [-0.15, -0.1) is 10.2 Å². The average molecular weight is 395 g/mol. The molecule has 0 atom stereocenters. The van der Waals surface area contributed by atoms with Crippen LogP contribution in [0.3, 0.4) is 0 Å². The van der Waals surface area contributed by atoms with Crippen molar-refractivity contribution in [2.24, 2.45) is 0 Å². The fourth-order valence-electron chi connectivity index (χ4n) is 2.90.